The maximum absolute atomic E-state index is 12.8. The van der Waals surface area contributed by atoms with Crippen LogP contribution in [0.3, 0.4) is 0 Å². The number of fused-ring (bicyclic) bond motifs is 1. The molecule has 0 radical (unpaired) electrons. The number of allylic oxidation sites excluding steroid dienone is 1. The molecule has 1 atom stereocenters. The van der Waals surface area contributed by atoms with Crippen LogP contribution >= 0.6 is 23.2 Å². The maximum atomic E-state index is 12.8. The molecule has 1 N–H and O–H groups in total. The van der Waals surface area contributed by atoms with Gasteiger partial charge in [0, 0.05) is 32.4 Å². The summed E-state index contributed by atoms with van der Waals surface area (Å²) in [5.41, 5.74) is 2.39. The van der Waals surface area contributed by atoms with Crippen molar-refractivity contribution < 1.29 is 4.79 Å². The average Bonchev–Trinajstić information content (AvgIpc) is 2.54. The standard InChI is InChI=1S/C17H10Cl2N2O/c18-11-3-1-10(2-4-11)17(22)15-8-13(9-20)21-16-6-5-12(19)7-14(15)16/h1-8,13,21H. The molecule has 1 heterocycles. The summed E-state index contributed by atoms with van der Waals surface area (Å²) in [7, 11) is 0. The van der Waals surface area contributed by atoms with Crippen molar-refractivity contribution in [2.24, 2.45) is 0 Å². The SMILES string of the molecule is N#CC1C=C(C(=O)c2ccc(Cl)cc2)c2cc(Cl)ccc2N1. The first-order chi connectivity index (χ1) is 10.6. The van der Waals surface area contributed by atoms with Gasteiger partial charge in [0.15, 0.2) is 5.78 Å². The average molecular weight is 329 g/mol. The van der Waals surface area contributed by atoms with E-state index in [-0.39, 0.29) is 5.78 Å². The number of carbonyl (C=O) groups is 1. The number of Topliss-reactive ketones (excluding diaryl/α,β-unsaturated/α-hetero) is 1. The predicted molar refractivity (Wildman–Crippen MR) is 88.2 cm³/mol. The monoisotopic (exact) mass is 328 g/mol. The van der Waals surface area contributed by atoms with Crippen LogP contribution in [0.1, 0.15) is 15.9 Å². The van der Waals surface area contributed by atoms with Gasteiger partial charge in [-0.3, -0.25) is 4.79 Å². The first-order valence-electron chi connectivity index (χ1n) is 6.56. The largest absolute Gasteiger partial charge is 0.366 e. The number of hydrogen-bond donors (Lipinski definition) is 1. The molecule has 2 aromatic carbocycles. The molecule has 108 valence electrons. The molecule has 0 aliphatic carbocycles. The van der Waals surface area contributed by atoms with Crippen molar-refractivity contribution in [2.75, 3.05) is 5.32 Å². The fourth-order valence-corrected chi connectivity index (χ4v) is 2.65. The normalized spacial score (nSPS) is 16.0. The molecule has 5 heteroatoms. The van der Waals surface area contributed by atoms with Gasteiger partial charge in [-0.2, -0.15) is 5.26 Å². The predicted octanol–water partition coefficient (Wildman–Crippen LogP) is 4.58. The second-order valence-corrected chi connectivity index (χ2v) is 5.73. The minimum absolute atomic E-state index is 0.165. The minimum Gasteiger partial charge on any atom is -0.366 e. The Bertz CT molecular complexity index is 820. The third kappa shape index (κ3) is 2.71. The highest BCUT2D eigenvalue weighted by atomic mass is 35.5. The molecule has 0 saturated heterocycles. The Morgan fingerprint density at radius 3 is 2.45 bits per heavy atom. The van der Waals surface area contributed by atoms with E-state index in [2.05, 4.69) is 11.4 Å². The van der Waals surface area contributed by atoms with E-state index < -0.39 is 6.04 Å². The lowest BCUT2D eigenvalue weighted by atomic mass is 9.91. The van der Waals surface area contributed by atoms with E-state index in [1.54, 1.807) is 48.5 Å². The summed E-state index contributed by atoms with van der Waals surface area (Å²) in [5, 5.41) is 13.3. The topological polar surface area (TPSA) is 52.9 Å². The molecular weight excluding hydrogens is 319 g/mol. The van der Waals surface area contributed by atoms with Crippen molar-refractivity contribution in [1.29, 1.82) is 5.26 Å². The number of rotatable bonds is 2. The summed E-state index contributed by atoms with van der Waals surface area (Å²) in [6, 6.07) is 13.4. The fourth-order valence-electron chi connectivity index (χ4n) is 2.36. The Morgan fingerprint density at radius 2 is 1.77 bits per heavy atom. The summed E-state index contributed by atoms with van der Waals surface area (Å²) in [6.45, 7) is 0. The smallest absolute Gasteiger partial charge is 0.193 e. The van der Waals surface area contributed by atoms with E-state index in [0.717, 1.165) is 5.69 Å². The van der Waals surface area contributed by atoms with E-state index in [9.17, 15) is 4.79 Å². The minimum atomic E-state index is -0.556. The number of hydrogen-bond acceptors (Lipinski definition) is 3. The Hall–Kier alpha value is -2.28. The Balaban J connectivity index is 2.09. The summed E-state index contributed by atoms with van der Waals surface area (Å²) < 4.78 is 0. The first-order valence-corrected chi connectivity index (χ1v) is 7.32. The quantitative estimate of drug-likeness (QED) is 0.821. The molecule has 3 nitrogen and oxygen atoms in total. The van der Waals surface area contributed by atoms with Gasteiger partial charge in [-0.1, -0.05) is 23.2 Å². The highest BCUT2D eigenvalue weighted by molar-refractivity contribution is 6.34. The third-order valence-electron chi connectivity index (χ3n) is 3.41. The Labute approximate surface area is 137 Å². The summed E-state index contributed by atoms with van der Waals surface area (Å²) in [4.78, 5) is 12.8. The van der Waals surface area contributed by atoms with Crippen LogP contribution in [0.25, 0.3) is 5.57 Å². The molecule has 22 heavy (non-hydrogen) atoms. The second-order valence-electron chi connectivity index (χ2n) is 4.86. The number of nitrogens with zero attached hydrogens (tertiary/aromatic N) is 1. The highest BCUT2D eigenvalue weighted by Crippen LogP contribution is 2.34. The van der Waals surface area contributed by atoms with Crippen molar-refractivity contribution >= 4 is 40.2 Å². The van der Waals surface area contributed by atoms with Gasteiger partial charge in [0.05, 0.1) is 6.07 Å². The lowest BCUT2D eigenvalue weighted by Gasteiger charge is -2.22. The maximum Gasteiger partial charge on any atom is 0.193 e. The molecule has 0 aromatic heterocycles. The zero-order valence-electron chi connectivity index (χ0n) is 11.3. The number of nitrogens with one attached hydrogen (secondary N) is 1. The van der Waals surface area contributed by atoms with Crippen LogP contribution in [-0.4, -0.2) is 11.8 Å². The Morgan fingerprint density at radius 1 is 1.09 bits per heavy atom. The van der Waals surface area contributed by atoms with Crippen LogP contribution in [0, 0.1) is 11.3 Å². The zero-order chi connectivity index (χ0) is 15.7. The fraction of sp³-hybridized carbons (Fsp3) is 0.0588. The lowest BCUT2D eigenvalue weighted by molar-refractivity contribution is 0.105. The van der Waals surface area contributed by atoms with Gasteiger partial charge in [-0.15, -0.1) is 0 Å². The van der Waals surface area contributed by atoms with Crippen molar-refractivity contribution in [3.8, 4) is 6.07 Å². The zero-order valence-corrected chi connectivity index (χ0v) is 12.8. The molecule has 3 rings (SSSR count). The Kier molecular flexibility index (Phi) is 3.89. The van der Waals surface area contributed by atoms with E-state index in [1.165, 1.54) is 0 Å². The van der Waals surface area contributed by atoms with Gasteiger partial charge in [0.2, 0.25) is 0 Å². The van der Waals surface area contributed by atoms with Crippen LogP contribution in [0.2, 0.25) is 10.0 Å². The molecule has 1 unspecified atom stereocenters. The highest BCUT2D eigenvalue weighted by Gasteiger charge is 2.24. The van der Waals surface area contributed by atoms with Gasteiger partial charge < -0.3 is 5.32 Å². The number of ketones is 1. The number of halogens is 2. The summed E-state index contributed by atoms with van der Waals surface area (Å²) >= 11 is 11.9. The van der Waals surface area contributed by atoms with Gasteiger partial charge in [-0.05, 0) is 48.5 Å². The molecular formula is C17H10Cl2N2O. The number of anilines is 1. The summed E-state index contributed by atoms with van der Waals surface area (Å²) in [5.74, 6) is -0.165. The van der Waals surface area contributed by atoms with Gasteiger partial charge >= 0.3 is 0 Å². The van der Waals surface area contributed by atoms with Crippen LogP contribution in [0.15, 0.2) is 48.5 Å². The second kappa shape index (κ2) is 5.84. The summed E-state index contributed by atoms with van der Waals surface area (Å²) in [6.07, 6.45) is 1.62. The molecule has 1 aliphatic heterocycles. The number of benzene rings is 2. The molecule has 0 spiro atoms. The molecule has 2 aromatic rings. The van der Waals surface area contributed by atoms with E-state index in [0.29, 0.717) is 26.7 Å². The number of nitriles is 1. The molecule has 0 amide bonds. The van der Waals surface area contributed by atoms with E-state index >= 15 is 0 Å². The van der Waals surface area contributed by atoms with Crippen LogP contribution in [0.5, 0.6) is 0 Å². The third-order valence-corrected chi connectivity index (χ3v) is 3.89. The van der Waals surface area contributed by atoms with Gasteiger partial charge in [0.1, 0.15) is 6.04 Å². The van der Waals surface area contributed by atoms with Crippen LogP contribution in [0.4, 0.5) is 5.69 Å². The first kappa shape index (κ1) is 14.6. The van der Waals surface area contributed by atoms with Crippen LogP contribution < -0.4 is 5.32 Å². The van der Waals surface area contributed by atoms with Gasteiger partial charge in [0.25, 0.3) is 0 Å². The van der Waals surface area contributed by atoms with Crippen molar-refractivity contribution in [2.45, 2.75) is 6.04 Å². The number of carbonyl (C=O) groups excluding carboxylic acids is 1. The molecule has 1 aliphatic rings. The van der Waals surface area contributed by atoms with E-state index in [4.69, 9.17) is 28.5 Å². The van der Waals surface area contributed by atoms with Crippen molar-refractivity contribution in [3.05, 3.63) is 69.7 Å². The lowest BCUT2D eigenvalue weighted by Crippen LogP contribution is -2.22. The molecule has 0 bridgehead atoms. The van der Waals surface area contributed by atoms with Crippen molar-refractivity contribution in [3.63, 3.8) is 0 Å². The van der Waals surface area contributed by atoms with Crippen LogP contribution in [-0.2, 0) is 0 Å². The van der Waals surface area contributed by atoms with E-state index in [1.807, 2.05) is 0 Å². The van der Waals surface area contributed by atoms with Crippen molar-refractivity contribution in [1.82, 2.24) is 0 Å². The molecule has 0 fully saturated rings. The van der Waals surface area contributed by atoms with Gasteiger partial charge in [-0.25, -0.2) is 0 Å². The molecule has 0 saturated carbocycles.